The van der Waals surface area contributed by atoms with Crippen LogP contribution in [-0.2, 0) is 11.0 Å². The number of rotatable bonds is 5. The highest BCUT2D eigenvalue weighted by Crippen LogP contribution is 2.36. The lowest BCUT2D eigenvalue weighted by molar-refractivity contribution is -0.137. The van der Waals surface area contributed by atoms with Crippen LogP contribution in [0.5, 0.6) is 0 Å². The maximum absolute atomic E-state index is 13.1. The average Bonchev–Trinajstić information content (AvgIpc) is 3.10. The van der Waals surface area contributed by atoms with Crippen LogP contribution in [0.15, 0.2) is 62.8 Å². The molecule has 1 heterocycles. The Hall–Kier alpha value is -1.97. The van der Waals surface area contributed by atoms with Crippen molar-refractivity contribution in [2.24, 2.45) is 0 Å². The lowest BCUT2D eigenvalue weighted by Crippen LogP contribution is -2.18. The number of hydrogen-bond donors (Lipinski definition) is 1. The number of alkyl halides is 3. The molecule has 0 spiro atoms. The Bertz CT molecular complexity index is 993. The van der Waals surface area contributed by atoms with Gasteiger partial charge in [-0.3, -0.25) is 4.79 Å². The lowest BCUT2D eigenvalue weighted by Gasteiger charge is -2.13. The van der Waals surface area contributed by atoms with Crippen LogP contribution in [0.1, 0.15) is 5.56 Å². The number of thioether (sulfide) groups is 1. The molecule has 0 saturated heterocycles. The first-order valence-corrected chi connectivity index (χ1v) is 9.89. The maximum Gasteiger partial charge on any atom is 0.418 e. The van der Waals surface area contributed by atoms with Crippen molar-refractivity contribution in [1.29, 1.82) is 0 Å². The normalized spacial score (nSPS) is 11.5. The minimum Gasteiger partial charge on any atom is -0.431 e. The second-order valence-electron chi connectivity index (χ2n) is 5.52. The van der Waals surface area contributed by atoms with Crippen molar-refractivity contribution in [2.75, 3.05) is 11.1 Å². The van der Waals surface area contributed by atoms with Gasteiger partial charge in [0.25, 0.3) is 5.22 Å². The summed E-state index contributed by atoms with van der Waals surface area (Å²) in [5.74, 6) is -0.270. The van der Waals surface area contributed by atoms with Crippen LogP contribution in [-0.4, -0.2) is 16.6 Å². The molecular formula is C18H11BrClF3N2O2S. The summed E-state index contributed by atoms with van der Waals surface area (Å²) in [7, 11) is 0. The molecule has 146 valence electrons. The summed E-state index contributed by atoms with van der Waals surface area (Å²) < 4.78 is 45.7. The molecule has 2 aromatic carbocycles. The number of carbonyl (C=O) groups is 1. The fourth-order valence-corrected chi connectivity index (χ4v) is 3.29. The van der Waals surface area contributed by atoms with E-state index in [1.165, 1.54) is 12.3 Å². The van der Waals surface area contributed by atoms with Crippen molar-refractivity contribution in [2.45, 2.75) is 11.4 Å². The van der Waals surface area contributed by atoms with E-state index in [0.29, 0.717) is 5.76 Å². The molecule has 0 aliphatic carbocycles. The number of nitrogens with zero attached hydrogens (tertiary/aromatic N) is 1. The molecule has 0 radical (unpaired) electrons. The standard InChI is InChI=1S/C18H11BrClF3N2O2S/c19-11-3-1-10(2-4-11)15-8-24-17(27-15)28-9-16(26)25-14-6-5-12(20)7-13(14)18(21,22)23/h1-8H,9H2,(H,25,26). The zero-order valence-electron chi connectivity index (χ0n) is 13.9. The van der Waals surface area contributed by atoms with E-state index in [4.69, 9.17) is 16.0 Å². The number of halogens is 5. The molecule has 0 aliphatic heterocycles. The third-order valence-corrected chi connectivity index (χ3v) is 5.11. The molecule has 28 heavy (non-hydrogen) atoms. The molecule has 0 saturated carbocycles. The summed E-state index contributed by atoms with van der Waals surface area (Å²) in [6.45, 7) is 0. The quantitative estimate of drug-likeness (QED) is 0.414. The second kappa shape index (κ2) is 8.59. The van der Waals surface area contributed by atoms with Crippen molar-refractivity contribution in [3.05, 3.63) is 63.7 Å². The summed E-state index contributed by atoms with van der Waals surface area (Å²) in [4.78, 5) is 16.1. The highest BCUT2D eigenvalue weighted by Gasteiger charge is 2.34. The van der Waals surface area contributed by atoms with Crippen molar-refractivity contribution < 1.29 is 22.4 Å². The number of oxazole rings is 1. The van der Waals surface area contributed by atoms with Crippen LogP contribution < -0.4 is 5.32 Å². The number of benzene rings is 2. The molecule has 1 N–H and O–H groups in total. The Kier molecular flexibility index (Phi) is 6.36. The Labute approximate surface area is 175 Å². The molecule has 1 amide bonds. The summed E-state index contributed by atoms with van der Waals surface area (Å²) >= 11 is 9.94. The summed E-state index contributed by atoms with van der Waals surface area (Å²) in [5, 5.41) is 2.41. The number of hydrogen-bond acceptors (Lipinski definition) is 4. The number of nitrogens with one attached hydrogen (secondary N) is 1. The molecule has 3 aromatic rings. The number of anilines is 1. The highest BCUT2D eigenvalue weighted by molar-refractivity contribution is 9.10. The van der Waals surface area contributed by atoms with Gasteiger partial charge in [0.05, 0.1) is 23.2 Å². The first kappa shape index (κ1) is 20.8. The van der Waals surface area contributed by atoms with Crippen LogP contribution in [0.3, 0.4) is 0 Å². The smallest absolute Gasteiger partial charge is 0.418 e. The van der Waals surface area contributed by atoms with Gasteiger partial charge < -0.3 is 9.73 Å². The molecule has 0 fully saturated rings. The van der Waals surface area contributed by atoms with E-state index >= 15 is 0 Å². The molecule has 10 heteroatoms. The predicted molar refractivity (Wildman–Crippen MR) is 105 cm³/mol. The number of amides is 1. The maximum atomic E-state index is 13.1. The molecule has 1 aromatic heterocycles. The zero-order valence-corrected chi connectivity index (χ0v) is 17.0. The minimum absolute atomic E-state index is 0.0695. The van der Waals surface area contributed by atoms with Crippen molar-refractivity contribution >= 4 is 50.9 Å². The summed E-state index contributed by atoms with van der Waals surface area (Å²) in [5.41, 5.74) is -0.555. The topological polar surface area (TPSA) is 55.1 Å². The second-order valence-corrected chi connectivity index (χ2v) is 7.80. The van der Waals surface area contributed by atoms with E-state index < -0.39 is 17.6 Å². The molecule has 0 bridgehead atoms. The van der Waals surface area contributed by atoms with Gasteiger partial charge in [-0.15, -0.1) is 0 Å². The predicted octanol–water partition coefficient (Wildman–Crippen LogP) is 6.51. The van der Waals surface area contributed by atoms with Gasteiger partial charge in [0, 0.05) is 15.1 Å². The van der Waals surface area contributed by atoms with Crippen LogP contribution in [0.25, 0.3) is 11.3 Å². The Morgan fingerprint density at radius 2 is 1.93 bits per heavy atom. The van der Waals surface area contributed by atoms with E-state index in [0.717, 1.165) is 33.9 Å². The zero-order chi connectivity index (χ0) is 20.3. The van der Waals surface area contributed by atoms with E-state index in [1.54, 1.807) is 0 Å². The van der Waals surface area contributed by atoms with E-state index in [1.807, 2.05) is 24.3 Å². The SMILES string of the molecule is O=C(CSc1ncc(-c2ccc(Br)cc2)o1)Nc1ccc(Cl)cc1C(F)(F)F. The molecule has 4 nitrogen and oxygen atoms in total. The molecule has 3 rings (SSSR count). The van der Waals surface area contributed by atoms with Crippen LogP contribution in [0.4, 0.5) is 18.9 Å². The summed E-state index contributed by atoms with van der Waals surface area (Å²) in [6.07, 6.45) is -3.12. The summed E-state index contributed by atoms with van der Waals surface area (Å²) in [6, 6.07) is 10.5. The first-order valence-electron chi connectivity index (χ1n) is 7.73. The molecular weight excluding hydrogens is 481 g/mol. The van der Waals surface area contributed by atoms with Crippen LogP contribution in [0, 0.1) is 0 Å². The van der Waals surface area contributed by atoms with Crippen molar-refractivity contribution in [3.8, 4) is 11.3 Å². The number of carbonyl (C=O) groups excluding carboxylic acids is 1. The third kappa shape index (κ3) is 5.30. The Morgan fingerprint density at radius 1 is 1.21 bits per heavy atom. The minimum atomic E-state index is -4.64. The van der Waals surface area contributed by atoms with Crippen molar-refractivity contribution in [1.82, 2.24) is 4.98 Å². The van der Waals surface area contributed by atoms with Gasteiger partial charge in [-0.2, -0.15) is 13.2 Å². The fraction of sp³-hybridized carbons (Fsp3) is 0.111. The van der Waals surface area contributed by atoms with Gasteiger partial charge in [0.15, 0.2) is 5.76 Å². The number of aromatic nitrogens is 1. The molecule has 0 atom stereocenters. The largest absolute Gasteiger partial charge is 0.431 e. The molecule has 0 aliphatic rings. The van der Waals surface area contributed by atoms with Crippen LogP contribution in [0.2, 0.25) is 5.02 Å². The Balaban J connectivity index is 1.63. The van der Waals surface area contributed by atoms with Gasteiger partial charge in [0.1, 0.15) is 0 Å². The third-order valence-electron chi connectivity index (χ3n) is 3.50. The average molecular weight is 492 g/mol. The Morgan fingerprint density at radius 3 is 2.61 bits per heavy atom. The monoisotopic (exact) mass is 490 g/mol. The van der Waals surface area contributed by atoms with Gasteiger partial charge in [-0.05, 0) is 30.3 Å². The van der Waals surface area contributed by atoms with Crippen LogP contribution >= 0.6 is 39.3 Å². The molecule has 0 unspecified atom stereocenters. The van der Waals surface area contributed by atoms with Gasteiger partial charge >= 0.3 is 6.18 Å². The first-order chi connectivity index (χ1) is 13.2. The highest BCUT2D eigenvalue weighted by atomic mass is 79.9. The lowest BCUT2D eigenvalue weighted by atomic mass is 10.1. The van der Waals surface area contributed by atoms with Gasteiger partial charge in [-0.25, -0.2) is 4.98 Å². The van der Waals surface area contributed by atoms with Gasteiger partial charge in [0.2, 0.25) is 5.91 Å². The van der Waals surface area contributed by atoms with Crippen molar-refractivity contribution in [3.63, 3.8) is 0 Å². The van der Waals surface area contributed by atoms with E-state index in [9.17, 15) is 18.0 Å². The van der Waals surface area contributed by atoms with E-state index in [2.05, 4.69) is 26.2 Å². The van der Waals surface area contributed by atoms with E-state index in [-0.39, 0.29) is 21.7 Å². The fourth-order valence-electron chi connectivity index (χ4n) is 2.25. The van der Waals surface area contributed by atoms with Gasteiger partial charge in [-0.1, -0.05) is 51.4 Å².